The summed E-state index contributed by atoms with van der Waals surface area (Å²) in [5, 5.41) is 11.7. The number of nitrogens with zero attached hydrogens (tertiary/aromatic N) is 2. The van der Waals surface area contributed by atoms with E-state index in [0.717, 1.165) is 12.8 Å². The van der Waals surface area contributed by atoms with Crippen LogP contribution in [0.2, 0.25) is 0 Å². The van der Waals surface area contributed by atoms with Crippen molar-refractivity contribution in [2.45, 2.75) is 38.6 Å². The molecule has 20 heavy (non-hydrogen) atoms. The fourth-order valence-electron chi connectivity index (χ4n) is 2.82. The van der Waals surface area contributed by atoms with Crippen LogP contribution in [0.15, 0.2) is 29.4 Å². The molecule has 0 heterocycles. The minimum absolute atomic E-state index is 0.0172. The van der Waals surface area contributed by atoms with E-state index >= 15 is 0 Å². The van der Waals surface area contributed by atoms with E-state index < -0.39 is 0 Å². The first-order valence-electron chi connectivity index (χ1n) is 7.06. The zero-order chi connectivity index (χ0) is 14.5. The van der Waals surface area contributed by atoms with E-state index in [9.17, 15) is 4.79 Å². The van der Waals surface area contributed by atoms with Crippen LogP contribution in [0.3, 0.4) is 0 Å². The summed E-state index contributed by atoms with van der Waals surface area (Å²) in [6.07, 6.45) is 4.55. The molecule has 0 radical (unpaired) electrons. The average molecular weight is 275 g/mol. The zero-order valence-corrected chi connectivity index (χ0v) is 11.7. The summed E-state index contributed by atoms with van der Waals surface area (Å²) in [6, 6.07) is 7.27. The lowest BCUT2D eigenvalue weighted by atomic mass is 10.1. The normalized spacial score (nSPS) is 16.4. The van der Waals surface area contributed by atoms with Crippen LogP contribution in [0.1, 0.15) is 48.5 Å². The number of nitrogens with two attached hydrogens (primary N) is 1. The van der Waals surface area contributed by atoms with Crippen molar-refractivity contribution >= 4 is 11.7 Å². The smallest absolute Gasteiger partial charge is 0.254 e. The SMILES string of the molecule is CCN(C(=O)c1cccc(/C(N)=N/O)c1)C1CCCC1. The van der Waals surface area contributed by atoms with Crippen LogP contribution in [0.25, 0.3) is 0 Å². The van der Waals surface area contributed by atoms with Crippen LogP contribution in [0.4, 0.5) is 0 Å². The van der Waals surface area contributed by atoms with Gasteiger partial charge in [-0.1, -0.05) is 30.1 Å². The predicted molar refractivity (Wildman–Crippen MR) is 77.9 cm³/mol. The minimum Gasteiger partial charge on any atom is -0.409 e. The van der Waals surface area contributed by atoms with Gasteiger partial charge in [0.05, 0.1) is 0 Å². The molecular formula is C15H21N3O2. The Morgan fingerprint density at radius 2 is 2.05 bits per heavy atom. The second-order valence-corrected chi connectivity index (χ2v) is 5.10. The van der Waals surface area contributed by atoms with Gasteiger partial charge in [0.1, 0.15) is 0 Å². The Morgan fingerprint density at radius 1 is 1.40 bits per heavy atom. The van der Waals surface area contributed by atoms with Gasteiger partial charge >= 0.3 is 0 Å². The first-order valence-corrected chi connectivity index (χ1v) is 7.06. The average Bonchev–Trinajstić information content (AvgIpc) is 3.01. The highest BCUT2D eigenvalue weighted by atomic mass is 16.4. The van der Waals surface area contributed by atoms with E-state index in [0.29, 0.717) is 23.7 Å². The summed E-state index contributed by atoms with van der Waals surface area (Å²) in [5.41, 5.74) is 6.71. The maximum atomic E-state index is 12.6. The van der Waals surface area contributed by atoms with Crippen molar-refractivity contribution in [3.05, 3.63) is 35.4 Å². The fraction of sp³-hybridized carbons (Fsp3) is 0.467. The third-order valence-corrected chi connectivity index (χ3v) is 3.88. The summed E-state index contributed by atoms with van der Waals surface area (Å²) in [7, 11) is 0. The Kier molecular flexibility index (Phi) is 4.61. The van der Waals surface area contributed by atoms with E-state index in [1.807, 2.05) is 11.8 Å². The molecule has 3 N–H and O–H groups in total. The molecule has 0 aromatic heterocycles. The van der Waals surface area contributed by atoms with Gasteiger partial charge in [-0.2, -0.15) is 0 Å². The van der Waals surface area contributed by atoms with Crippen LogP contribution >= 0.6 is 0 Å². The minimum atomic E-state index is 0.0172. The Balaban J connectivity index is 2.23. The summed E-state index contributed by atoms with van der Waals surface area (Å²) in [5.74, 6) is 0.0376. The predicted octanol–water partition coefficient (Wildman–Crippen LogP) is 2.19. The van der Waals surface area contributed by atoms with Crippen molar-refractivity contribution < 1.29 is 10.0 Å². The quantitative estimate of drug-likeness (QED) is 0.382. The molecule has 1 aromatic carbocycles. The molecule has 0 aliphatic heterocycles. The molecule has 108 valence electrons. The van der Waals surface area contributed by atoms with E-state index in [1.165, 1.54) is 12.8 Å². The third kappa shape index (κ3) is 2.92. The van der Waals surface area contributed by atoms with Crippen LogP contribution in [0, 0.1) is 0 Å². The molecule has 1 aromatic rings. The number of oxime groups is 1. The van der Waals surface area contributed by atoms with E-state index in [4.69, 9.17) is 10.9 Å². The van der Waals surface area contributed by atoms with E-state index in [1.54, 1.807) is 24.3 Å². The number of benzene rings is 1. The highest BCUT2D eigenvalue weighted by Gasteiger charge is 2.26. The molecule has 5 heteroatoms. The second kappa shape index (κ2) is 6.41. The molecule has 2 rings (SSSR count). The van der Waals surface area contributed by atoms with Gasteiger partial charge < -0.3 is 15.8 Å². The largest absolute Gasteiger partial charge is 0.409 e. The second-order valence-electron chi connectivity index (χ2n) is 5.10. The van der Waals surface area contributed by atoms with Crippen molar-refractivity contribution in [1.82, 2.24) is 4.90 Å². The maximum absolute atomic E-state index is 12.6. The molecule has 5 nitrogen and oxygen atoms in total. The standard InChI is InChI=1S/C15H21N3O2/c1-2-18(13-8-3-4-9-13)15(19)12-7-5-6-11(10-12)14(16)17-20/h5-7,10,13,20H,2-4,8-9H2,1H3,(H2,16,17). The van der Waals surface area contributed by atoms with E-state index in [2.05, 4.69) is 5.16 Å². The van der Waals surface area contributed by atoms with Gasteiger partial charge in [0.15, 0.2) is 5.84 Å². The number of rotatable bonds is 4. The molecular weight excluding hydrogens is 254 g/mol. The molecule has 0 saturated heterocycles. The van der Waals surface area contributed by atoms with Crippen LogP contribution in [0.5, 0.6) is 0 Å². The Bertz CT molecular complexity index is 508. The summed E-state index contributed by atoms with van der Waals surface area (Å²) in [4.78, 5) is 14.5. The highest BCUT2D eigenvalue weighted by molar-refractivity contribution is 6.01. The molecule has 0 atom stereocenters. The van der Waals surface area contributed by atoms with Crippen molar-refractivity contribution in [1.29, 1.82) is 0 Å². The number of hydrogen-bond donors (Lipinski definition) is 2. The molecule has 0 spiro atoms. The lowest BCUT2D eigenvalue weighted by Crippen LogP contribution is -2.38. The lowest BCUT2D eigenvalue weighted by Gasteiger charge is -2.27. The third-order valence-electron chi connectivity index (χ3n) is 3.88. The summed E-state index contributed by atoms with van der Waals surface area (Å²) < 4.78 is 0. The summed E-state index contributed by atoms with van der Waals surface area (Å²) in [6.45, 7) is 2.71. The first-order chi connectivity index (χ1) is 9.67. The summed E-state index contributed by atoms with van der Waals surface area (Å²) >= 11 is 0. The topological polar surface area (TPSA) is 78.9 Å². The van der Waals surface area contributed by atoms with Gasteiger partial charge in [-0.15, -0.1) is 0 Å². The number of hydrogen-bond acceptors (Lipinski definition) is 3. The fourth-order valence-corrected chi connectivity index (χ4v) is 2.82. The Morgan fingerprint density at radius 3 is 2.65 bits per heavy atom. The van der Waals surface area contributed by atoms with Crippen molar-refractivity contribution in [3.8, 4) is 0 Å². The number of amidine groups is 1. The highest BCUT2D eigenvalue weighted by Crippen LogP contribution is 2.24. The van der Waals surface area contributed by atoms with Crippen LogP contribution in [-0.2, 0) is 0 Å². The number of carbonyl (C=O) groups excluding carboxylic acids is 1. The van der Waals surface area contributed by atoms with Gasteiger partial charge in [0.2, 0.25) is 0 Å². The van der Waals surface area contributed by atoms with Gasteiger partial charge in [-0.25, -0.2) is 0 Å². The van der Waals surface area contributed by atoms with Crippen LogP contribution in [-0.4, -0.2) is 34.4 Å². The first kappa shape index (κ1) is 14.4. The Labute approximate surface area is 119 Å². The molecule has 1 aliphatic rings. The molecule has 1 amide bonds. The zero-order valence-electron chi connectivity index (χ0n) is 11.7. The number of carbonyl (C=O) groups is 1. The molecule has 1 saturated carbocycles. The lowest BCUT2D eigenvalue weighted by molar-refractivity contribution is 0.0693. The van der Waals surface area contributed by atoms with Crippen molar-refractivity contribution in [2.75, 3.05) is 6.54 Å². The van der Waals surface area contributed by atoms with Crippen LogP contribution < -0.4 is 5.73 Å². The van der Waals surface area contributed by atoms with Gasteiger partial charge in [-0.3, -0.25) is 4.79 Å². The van der Waals surface area contributed by atoms with Gasteiger partial charge in [-0.05, 0) is 31.9 Å². The molecule has 1 aliphatic carbocycles. The molecule has 0 bridgehead atoms. The van der Waals surface area contributed by atoms with Gasteiger partial charge in [0, 0.05) is 23.7 Å². The van der Waals surface area contributed by atoms with Crippen molar-refractivity contribution in [3.63, 3.8) is 0 Å². The van der Waals surface area contributed by atoms with E-state index in [-0.39, 0.29) is 11.7 Å². The molecule has 1 fully saturated rings. The Hall–Kier alpha value is -2.04. The van der Waals surface area contributed by atoms with Gasteiger partial charge in [0.25, 0.3) is 5.91 Å². The molecule has 0 unspecified atom stereocenters. The monoisotopic (exact) mass is 275 g/mol. The maximum Gasteiger partial charge on any atom is 0.254 e. The number of amides is 1. The van der Waals surface area contributed by atoms with Crippen molar-refractivity contribution in [2.24, 2.45) is 10.9 Å².